The zero-order valence-corrected chi connectivity index (χ0v) is 19.2. The number of nitrogens with zero attached hydrogens (tertiary/aromatic N) is 1. The predicted molar refractivity (Wildman–Crippen MR) is 119 cm³/mol. The number of hydrogen-bond acceptors (Lipinski definition) is 6. The van der Waals surface area contributed by atoms with Crippen LogP contribution in [0.15, 0.2) is 41.3 Å². The van der Waals surface area contributed by atoms with Crippen LogP contribution in [-0.4, -0.2) is 59.3 Å². The standard InChI is InChI=1S/C21H24Cl2N2O5S/c22-17-5-4-16(12-18(17)23)31(26,27)24-13-15-6-7-25(14-15)8-9-28-19-2-1-3-20-21(19)30-11-10-29-20/h1-5,12,15,24H,6-11,13-14H2. The van der Waals surface area contributed by atoms with Crippen molar-refractivity contribution in [2.75, 3.05) is 46.0 Å². The van der Waals surface area contributed by atoms with Gasteiger partial charge in [0.1, 0.15) is 19.8 Å². The van der Waals surface area contributed by atoms with Crippen LogP contribution in [0.5, 0.6) is 17.2 Å². The fourth-order valence-electron chi connectivity index (χ4n) is 3.68. The molecule has 0 amide bonds. The molecule has 7 nitrogen and oxygen atoms in total. The topological polar surface area (TPSA) is 77.1 Å². The molecule has 0 radical (unpaired) electrons. The molecule has 1 saturated heterocycles. The number of ether oxygens (including phenoxy) is 3. The Hall–Kier alpha value is -1.71. The van der Waals surface area contributed by atoms with E-state index in [4.69, 9.17) is 37.4 Å². The number of halogens is 2. The average Bonchev–Trinajstić information content (AvgIpc) is 3.22. The molecular formula is C21H24Cl2N2O5S. The van der Waals surface area contributed by atoms with Crippen LogP contribution in [0, 0.1) is 5.92 Å². The summed E-state index contributed by atoms with van der Waals surface area (Å²) in [6, 6.07) is 9.92. The number of sulfonamides is 1. The van der Waals surface area contributed by atoms with E-state index in [9.17, 15) is 8.42 Å². The van der Waals surface area contributed by atoms with Crippen molar-refractivity contribution in [2.45, 2.75) is 11.3 Å². The third-order valence-corrected chi connectivity index (χ3v) is 7.49. The molecule has 2 aliphatic heterocycles. The van der Waals surface area contributed by atoms with Crippen LogP contribution < -0.4 is 18.9 Å². The molecule has 2 aromatic carbocycles. The Morgan fingerprint density at radius 1 is 1.13 bits per heavy atom. The van der Waals surface area contributed by atoms with Crippen LogP contribution in [0.4, 0.5) is 0 Å². The Labute approximate surface area is 192 Å². The highest BCUT2D eigenvalue weighted by Crippen LogP contribution is 2.38. The van der Waals surface area contributed by atoms with E-state index in [1.165, 1.54) is 18.2 Å². The minimum absolute atomic E-state index is 0.113. The summed E-state index contributed by atoms with van der Waals surface area (Å²) in [4.78, 5) is 2.38. The van der Waals surface area contributed by atoms with Crippen molar-refractivity contribution in [1.29, 1.82) is 0 Å². The molecule has 1 unspecified atom stereocenters. The molecule has 2 aliphatic rings. The molecule has 168 valence electrons. The van der Waals surface area contributed by atoms with E-state index in [1.54, 1.807) is 0 Å². The van der Waals surface area contributed by atoms with E-state index < -0.39 is 10.0 Å². The lowest BCUT2D eigenvalue weighted by atomic mass is 10.1. The summed E-state index contributed by atoms with van der Waals surface area (Å²) >= 11 is 11.8. The van der Waals surface area contributed by atoms with Crippen LogP contribution in [0.3, 0.4) is 0 Å². The van der Waals surface area contributed by atoms with Crippen LogP contribution in [0.25, 0.3) is 0 Å². The van der Waals surface area contributed by atoms with E-state index in [0.717, 1.165) is 26.1 Å². The lowest BCUT2D eigenvalue weighted by molar-refractivity contribution is 0.158. The number of fused-ring (bicyclic) bond motifs is 1. The second-order valence-corrected chi connectivity index (χ2v) is 10.1. The molecule has 1 fully saturated rings. The van der Waals surface area contributed by atoms with Gasteiger partial charge in [0.2, 0.25) is 15.8 Å². The van der Waals surface area contributed by atoms with E-state index >= 15 is 0 Å². The summed E-state index contributed by atoms with van der Waals surface area (Å²) in [6.45, 7) is 4.40. The van der Waals surface area contributed by atoms with Gasteiger partial charge in [0.05, 0.1) is 14.9 Å². The Balaban J connectivity index is 1.23. The first-order valence-corrected chi connectivity index (χ1v) is 12.3. The highest BCUT2D eigenvalue weighted by atomic mass is 35.5. The first kappa shape index (κ1) is 22.5. The van der Waals surface area contributed by atoms with Crippen LogP contribution in [-0.2, 0) is 10.0 Å². The lowest BCUT2D eigenvalue weighted by Crippen LogP contribution is -2.32. The first-order valence-electron chi connectivity index (χ1n) is 10.1. The van der Waals surface area contributed by atoms with E-state index in [-0.39, 0.29) is 15.8 Å². The number of hydrogen-bond donors (Lipinski definition) is 1. The van der Waals surface area contributed by atoms with Crippen LogP contribution in [0.1, 0.15) is 6.42 Å². The van der Waals surface area contributed by atoms with Crippen LogP contribution >= 0.6 is 23.2 Å². The summed E-state index contributed by atoms with van der Waals surface area (Å²) in [5.41, 5.74) is 0. The third kappa shape index (κ3) is 5.56. The van der Waals surface area contributed by atoms with Gasteiger partial charge < -0.3 is 14.2 Å². The number of para-hydroxylation sites is 1. The molecule has 0 aromatic heterocycles. The predicted octanol–water partition coefficient (Wildman–Crippen LogP) is 3.44. The highest BCUT2D eigenvalue weighted by molar-refractivity contribution is 7.89. The molecule has 4 rings (SSSR count). The molecule has 10 heteroatoms. The summed E-state index contributed by atoms with van der Waals surface area (Å²) in [7, 11) is -3.63. The first-order chi connectivity index (χ1) is 14.9. The van der Waals surface area contributed by atoms with E-state index in [2.05, 4.69) is 9.62 Å². The van der Waals surface area contributed by atoms with Crippen molar-refractivity contribution < 1.29 is 22.6 Å². The fourth-order valence-corrected chi connectivity index (χ4v) is 5.19. The van der Waals surface area contributed by atoms with Gasteiger partial charge in [0.15, 0.2) is 11.5 Å². The molecule has 0 saturated carbocycles. The summed E-state index contributed by atoms with van der Waals surface area (Å²) in [5, 5.41) is 0.539. The van der Waals surface area contributed by atoms with Gasteiger partial charge in [-0.3, -0.25) is 4.90 Å². The quantitative estimate of drug-likeness (QED) is 0.615. The number of nitrogens with one attached hydrogen (secondary N) is 1. The molecule has 2 aromatic rings. The van der Waals surface area contributed by atoms with Gasteiger partial charge >= 0.3 is 0 Å². The minimum Gasteiger partial charge on any atom is -0.488 e. The van der Waals surface area contributed by atoms with E-state index in [1.807, 2.05) is 18.2 Å². The molecule has 0 aliphatic carbocycles. The van der Waals surface area contributed by atoms with Crippen molar-refractivity contribution in [3.63, 3.8) is 0 Å². The van der Waals surface area contributed by atoms with Crippen molar-refractivity contribution in [1.82, 2.24) is 9.62 Å². The number of likely N-dealkylation sites (tertiary alicyclic amines) is 1. The molecular weight excluding hydrogens is 463 g/mol. The molecule has 0 spiro atoms. The van der Waals surface area contributed by atoms with Gasteiger partial charge in [-0.25, -0.2) is 13.1 Å². The van der Waals surface area contributed by atoms with Crippen molar-refractivity contribution in [2.24, 2.45) is 5.92 Å². The smallest absolute Gasteiger partial charge is 0.240 e. The maximum atomic E-state index is 12.5. The van der Waals surface area contributed by atoms with Gasteiger partial charge in [-0.15, -0.1) is 0 Å². The Kier molecular flexibility index (Phi) is 7.13. The Morgan fingerprint density at radius 2 is 1.97 bits per heavy atom. The average molecular weight is 487 g/mol. The van der Waals surface area contributed by atoms with Crippen molar-refractivity contribution >= 4 is 33.2 Å². The summed E-state index contributed by atoms with van der Waals surface area (Å²) < 4.78 is 44.9. The maximum absolute atomic E-state index is 12.5. The molecule has 0 bridgehead atoms. The largest absolute Gasteiger partial charge is 0.488 e. The monoisotopic (exact) mass is 486 g/mol. The summed E-state index contributed by atoms with van der Waals surface area (Å²) in [6.07, 6.45) is 0.918. The summed E-state index contributed by atoms with van der Waals surface area (Å²) in [5.74, 6) is 2.28. The zero-order valence-electron chi connectivity index (χ0n) is 16.9. The van der Waals surface area contributed by atoms with Gasteiger partial charge in [0.25, 0.3) is 0 Å². The molecule has 31 heavy (non-hydrogen) atoms. The Morgan fingerprint density at radius 3 is 2.81 bits per heavy atom. The van der Waals surface area contributed by atoms with Gasteiger partial charge in [-0.2, -0.15) is 0 Å². The Bertz CT molecular complexity index is 1030. The number of benzene rings is 2. The third-order valence-electron chi connectivity index (χ3n) is 5.33. The van der Waals surface area contributed by atoms with Crippen LogP contribution in [0.2, 0.25) is 10.0 Å². The minimum atomic E-state index is -3.63. The maximum Gasteiger partial charge on any atom is 0.240 e. The van der Waals surface area contributed by atoms with Gasteiger partial charge in [-0.05, 0) is 49.2 Å². The molecule has 1 atom stereocenters. The van der Waals surface area contributed by atoms with Gasteiger partial charge in [-0.1, -0.05) is 29.3 Å². The fraction of sp³-hybridized carbons (Fsp3) is 0.429. The SMILES string of the molecule is O=S(=O)(NCC1CCN(CCOc2cccc3c2OCCO3)C1)c1ccc(Cl)c(Cl)c1. The van der Waals surface area contributed by atoms with Crippen molar-refractivity contribution in [3.8, 4) is 17.2 Å². The molecule has 1 N–H and O–H groups in total. The van der Waals surface area contributed by atoms with Gasteiger partial charge in [0, 0.05) is 19.6 Å². The number of rotatable bonds is 8. The van der Waals surface area contributed by atoms with Crippen molar-refractivity contribution in [3.05, 3.63) is 46.4 Å². The highest BCUT2D eigenvalue weighted by Gasteiger charge is 2.25. The lowest BCUT2D eigenvalue weighted by Gasteiger charge is -2.22. The second kappa shape index (κ2) is 9.83. The normalized spacial score (nSPS) is 18.8. The second-order valence-electron chi connectivity index (χ2n) is 7.51. The molecule has 2 heterocycles. The van der Waals surface area contributed by atoms with E-state index in [0.29, 0.717) is 48.6 Å². The zero-order chi connectivity index (χ0) is 21.8.